The number of nitrogens with one attached hydrogen (secondary N) is 1. The highest BCUT2D eigenvalue weighted by Gasteiger charge is 2.17. The Morgan fingerprint density at radius 1 is 1.29 bits per heavy atom. The van der Waals surface area contributed by atoms with Crippen LogP contribution in [0.2, 0.25) is 0 Å². The molecule has 1 N–H and O–H groups in total. The Morgan fingerprint density at radius 2 is 2.05 bits per heavy atom. The molecule has 1 fully saturated rings. The van der Waals surface area contributed by atoms with Crippen molar-refractivity contribution in [3.8, 4) is 0 Å². The summed E-state index contributed by atoms with van der Waals surface area (Å²) in [4.78, 5) is 2.31. The van der Waals surface area contributed by atoms with Gasteiger partial charge in [-0.25, -0.2) is 0 Å². The SMILES string of the molecule is CCCNC(CC)c1ccc(N(C)CC2CCCO2)cc1. The number of hydrogen-bond acceptors (Lipinski definition) is 3. The number of anilines is 1. The standard InChI is InChI=1S/C18H30N2O/c1-4-12-19-18(5-2)15-8-10-16(11-9-15)20(3)14-17-7-6-13-21-17/h8-11,17-19H,4-7,12-14H2,1-3H3. The molecule has 3 nitrogen and oxygen atoms in total. The summed E-state index contributed by atoms with van der Waals surface area (Å²) in [7, 11) is 2.16. The van der Waals surface area contributed by atoms with E-state index < -0.39 is 0 Å². The molecule has 0 bridgehead atoms. The van der Waals surface area contributed by atoms with Crippen LogP contribution in [0.15, 0.2) is 24.3 Å². The molecule has 0 amide bonds. The van der Waals surface area contributed by atoms with E-state index in [0.717, 1.165) is 26.1 Å². The summed E-state index contributed by atoms with van der Waals surface area (Å²) in [6.45, 7) is 7.45. The normalized spacial score (nSPS) is 19.7. The zero-order valence-corrected chi connectivity index (χ0v) is 13.8. The molecule has 118 valence electrons. The number of nitrogens with zero attached hydrogens (tertiary/aromatic N) is 1. The number of likely N-dealkylation sites (N-methyl/N-ethyl adjacent to an activating group) is 1. The van der Waals surface area contributed by atoms with Gasteiger partial charge in [0.05, 0.1) is 6.10 Å². The molecular weight excluding hydrogens is 260 g/mol. The topological polar surface area (TPSA) is 24.5 Å². The smallest absolute Gasteiger partial charge is 0.0750 e. The van der Waals surface area contributed by atoms with Gasteiger partial charge >= 0.3 is 0 Å². The summed E-state index contributed by atoms with van der Waals surface area (Å²) in [5, 5.41) is 3.61. The fourth-order valence-electron chi connectivity index (χ4n) is 2.98. The van der Waals surface area contributed by atoms with Crippen LogP contribution in [0, 0.1) is 0 Å². The van der Waals surface area contributed by atoms with Crippen LogP contribution in [-0.2, 0) is 4.74 Å². The van der Waals surface area contributed by atoms with Crippen LogP contribution in [0.25, 0.3) is 0 Å². The van der Waals surface area contributed by atoms with Gasteiger partial charge in [0.2, 0.25) is 0 Å². The second-order valence-corrected chi connectivity index (χ2v) is 6.02. The first-order chi connectivity index (χ1) is 10.2. The predicted molar refractivity (Wildman–Crippen MR) is 90.0 cm³/mol. The maximum absolute atomic E-state index is 5.72. The van der Waals surface area contributed by atoms with Gasteiger partial charge in [0.25, 0.3) is 0 Å². The van der Waals surface area contributed by atoms with Gasteiger partial charge in [0, 0.05) is 31.9 Å². The molecule has 0 aromatic heterocycles. The van der Waals surface area contributed by atoms with Crippen LogP contribution >= 0.6 is 0 Å². The van der Waals surface area contributed by atoms with Crippen molar-refractivity contribution in [2.75, 3.05) is 31.6 Å². The third-order valence-electron chi connectivity index (χ3n) is 4.29. The molecule has 2 atom stereocenters. The minimum absolute atomic E-state index is 0.407. The summed E-state index contributed by atoms with van der Waals surface area (Å²) >= 11 is 0. The first kappa shape index (κ1) is 16.3. The van der Waals surface area contributed by atoms with Crippen molar-refractivity contribution in [3.05, 3.63) is 29.8 Å². The maximum atomic E-state index is 5.72. The Labute approximate surface area is 129 Å². The maximum Gasteiger partial charge on any atom is 0.0750 e. The monoisotopic (exact) mass is 290 g/mol. The van der Waals surface area contributed by atoms with Crippen LogP contribution in [0.5, 0.6) is 0 Å². The highest BCUT2D eigenvalue weighted by molar-refractivity contribution is 5.47. The molecule has 0 radical (unpaired) electrons. The van der Waals surface area contributed by atoms with E-state index in [9.17, 15) is 0 Å². The fraction of sp³-hybridized carbons (Fsp3) is 0.667. The third-order valence-corrected chi connectivity index (χ3v) is 4.29. The molecule has 0 aliphatic carbocycles. The molecule has 0 spiro atoms. The van der Waals surface area contributed by atoms with Crippen molar-refractivity contribution in [1.29, 1.82) is 0 Å². The summed E-state index contributed by atoms with van der Waals surface area (Å²) in [6.07, 6.45) is 5.12. The van der Waals surface area contributed by atoms with Crippen molar-refractivity contribution >= 4 is 5.69 Å². The quantitative estimate of drug-likeness (QED) is 0.789. The lowest BCUT2D eigenvalue weighted by Gasteiger charge is -2.24. The molecular formula is C18H30N2O. The highest BCUT2D eigenvalue weighted by Crippen LogP contribution is 2.22. The van der Waals surface area contributed by atoms with Gasteiger partial charge in [-0.15, -0.1) is 0 Å². The number of ether oxygens (including phenoxy) is 1. The highest BCUT2D eigenvalue weighted by atomic mass is 16.5. The Balaban J connectivity index is 1.93. The van der Waals surface area contributed by atoms with E-state index in [1.165, 1.54) is 30.5 Å². The molecule has 0 saturated carbocycles. The average molecular weight is 290 g/mol. The number of hydrogen-bond donors (Lipinski definition) is 1. The summed E-state index contributed by atoms with van der Waals surface area (Å²) < 4.78 is 5.72. The molecule has 1 aliphatic heterocycles. The van der Waals surface area contributed by atoms with Gasteiger partial charge < -0.3 is 15.0 Å². The van der Waals surface area contributed by atoms with E-state index in [0.29, 0.717) is 12.1 Å². The van der Waals surface area contributed by atoms with Gasteiger partial charge in [-0.1, -0.05) is 26.0 Å². The van der Waals surface area contributed by atoms with Gasteiger partial charge in [0.15, 0.2) is 0 Å². The van der Waals surface area contributed by atoms with Crippen LogP contribution in [-0.4, -0.2) is 32.8 Å². The summed E-state index contributed by atoms with van der Waals surface area (Å²) in [5.74, 6) is 0. The fourth-order valence-corrected chi connectivity index (χ4v) is 2.98. The van der Waals surface area contributed by atoms with Crippen molar-refractivity contribution in [2.24, 2.45) is 0 Å². The molecule has 2 unspecified atom stereocenters. The Morgan fingerprint density at radius 3 is 2.62 bits per heavy atom. The van der Waals surface area contributed by atoms with Crippen molar-refractivity contribution in [3.63, 3.8) is 0 Å². The van der Waals surface area contributed by atoms with Crippen molar-refractivity contribution < 1.29 is 4.74 Å². The number of rotatable bonds is 8. The van der Waals surface area contributed by atoms with Crippen LogP contribution in [0.4, 0.5) is 5.69 Å². The second kappa shape index (κ2) is 8.40. The third kappa shape index (κ3) is 4.72. The van der Waals surface area contributed by atoms with Crippen molar-refractivity contribution in [2.45, 2.75) is 51.7 Å². The van der Waals surface area contributed by atoms with E-state index in [-0.39, 0.29) is 0 Å². The first-order valence-electron chi connectivity index (χ1n) is 8.40. The zero-order valence-electron chi connectivity index (χ0n) is 13.8. The summed E-state index contributed by atoms with van der Waals surface area (Å²) in [5.41, 5.74) is 2.67. The van der Waals surface area contributed by atoms with Gasteiger partial charge in [0.1, 0.15) is 0 Å². The van der Waals surface area contributed by atoms with Crippen LogP contribution in [0.3, 0.4) is 0 Å². The van der Waals surface area contributed by atoms with Gasteiger partial charge in [-0.05, 0) is 49.9 Å². The second-order valence-electron chi connectivity index (χ2n) is 6.02. The zero-order chi connectivity index (χ0) is 15.1. The summed E-state index contributed by atoms with van der Waals surface area (Å²) in [6, 6.07) is 9.47. The molecule has 1 saturated heterocycles. The van der Waals surface area contributed by atoms with Crippen LogP contribution < -0.4 is 10.2 Å². The van der Waals surface area contributed by atoms with Gasteiger partial charge in [-0.3, -0.25) is 0 Å². The van der Waals surface area contributed by atoms with Gasteiger partial charge in [-0.2, -0.15) is 0 Å². The van der Waals surface area contributed by atoms with Crippen LogP contribution in [0.1, 0.15) is 51.1 Å². The Hall–Kier alpha value is -1.06. The molecule has 1 aromatic rings. The lowest BCUT2D eigenvalue weighted by molar-refractivity contribution is 0.116. The molecule has 1 aliphatic rings. The largest absolute Gasteiger partial charge is 0.376 e. The van der Waals surface area contributed by atoms with E-state index in [4.69, 9.17) is 4.74 Å². The lowest BCUT2D eigenvalue weighted by atomic mass is 10.0. The lowest BCUT2D eigenvalue weighted by Crippen LogP contribution is -2.28. The van der Waals surface area contributed by atoms with E-state index in [1.807, 2.05) is 0 Å². The van der Waals surface area contributed by atoms with E-state index >= 15 is 0 Å². The first-order valence-corrected chi connectivity index (χ1v) is 8.40. The molecule has 2 rings (SSSR count). The minimum atomic E-state index is 0.407. The average Bonchev–Trinajstić information content (AvgIpc) is 3.01. The Kier molecular flexibility index (Phi) is 6.52. The van der Waals surface area contributed by atoms with E-state index in [1.54, 1.807) is 0 Å². The predicted octanol–water partition coefficient (Wildman–Crippen LogP) is 3.75. The minimum Gasteiger partial charge on any atom is -0.376 e. The molecule has 1 aromatic carbocycles. The molecule has 3 heteroatoms. The Bertz CT molecular complexity index is 398. The molecule has 21 heavy (non-hydrogen) atoms. The van der Waals surface area contributed by atoms with Crippen molar-refractivity contribution in [1.82, 2.24) is 5.32 Å². The van der Waals surface area contributed by atoms with E-state index in [2.05, 4.69) is 55.4 Å². The molecule has 1 heterocycles. The number of benzene rings is 1.